The first-order valence-electron chi connectivity index (χ1n) is 7.42. The second-order valence-corrected chi connectivity index (χ2v) is 6.92. The second kappa shape index (κ2) is 4.92. The van der Waals surface area contributed by atoms with Crippen molar-refractivity contribution < 1.29 is 4.79 Å². The van der Waals surface area contributed by atoms with Crippen LogP contribution < -0.4 is 5.32 Å². The maximum atomic E-state index is 12.7. The molecular weight excluding hydrogens is 292 g/mol. The summed E-state index contributed by atoms with van der Waals surface area (Å²) < 4.78 is 1.10. The number of carbonyl (C=O) groups is 1. The predicted octanol–water partition coefficient (Wildman–Crippen LogP) is 4.28. The van der Waals surface area contributed by atoms with Crippen LogP contribution in [0.3, 0.4) is 0 Å². The number of hydrogen-bond donors (Lipinski definition) is 1. The van der Waals surface area contributed by atoms with Gasteiger partial charge in [-0.2, -0.15) is 0 Å². The first kappa shape index (κ1) is 13.5. The summed E-state index contributed by atoms with van der Waals surface area (Å²) in [5.41, 5.74) is 2.88. The monoisotopic (exact) mass is 308 g/mol. The Kier molecular flexibility index (Phi) is 3.01. The fourth-order valence-electron chi connectivity index (χ4n) is 2.86. The minimum Gasteiger partial charge on any atom is -0.301 e. The lowest BCUT2D eigenvalue weighted by molar-refractivity contribution is -0.118. The van der Waals surface area contributed by atoms with Gasteiger partial charge in [0.2, 0.25) is 5.91 Å². The fourth-order valence-corrected chi connectivity index (χ4v) is 3.72. The van der Waals surface area contributed by atoms with Gasteiger partial charge in [0.15, 0.2) is 5.13 Å². The van der Waals surface area contributed by atoms with E-state index in [0.29, 0.717) is 5.13 Å². The molecular formula is C18H16N2OS. The smallest absolute Gasteiger partial charge is 0.236 e. The van der Waals surface area contributed by atoms with Crippen LogP contribution in [0.15, 0.2) is 48.5 Å². The average Bonchev–Trinajstić information content (AvgIpc) is 3.23. The molecule has 1 aliphatic carbocycles. The van der Waals surface area contributed by atoms with Crippen molar-refractivity contribution in [2.75, 3.05) is 5.32 Å². The van der Waals surface area contributed by atoms with E-state index in [1.54, 1.807) is 0 Å². The molecule has 1 saturated carbocycles. The Balaban J connectivity index is 1.61. The van der Waals surface area contributed by atoms with Crippen LogP contribution in [-0.4, -0.2) is 10.9 Å². The molecule has 0 bridgehead atoms. The quantitative estimate of drug-likeness (QED) is 0.785. The van der Waals surface area contributed by atoms with E-state index in [2.05, 4.69) is 35.4 Å². The van der Waals surface area contributed by atoms with Crippen LogP contribution in [0.5, 0.6) is 0 Å². The maximum absolute atomic E-state index is 12.7. The van der Waals surface area contributed by atoms with Crippen LogP contribution in [0.2, 0.25) is 0 Å². The van der Waals surface area contributed by atoms with Gasteiger partial charge in [0, 0.05) is 0 Å². The zero-order chi connectivity index (χ0) is 15.2. The maximum Gasteiger partial charge on any atom is 0.236 e. The lowest BCUT2D eigenvalue weighted by atomic mass is 9.94. The number of rotatable bonds is 3. The lowest BCUT2D eigenvalue weighted by Crippen LogP contribution is -2.27. The normalized spacial score (nSPS) is 15.7. The number of hydrogen-bond acceptors (Lipinski definition) is 3. The van der Waals surface area contributed by atoms with Crippen LogP contribution in [-0.2, 0) is 10.2 Å². The number of thiazole rings is 1. The van der Waals surface area contributed by atoms with Gasteiger partial charge in [0.25, 0.3) is 0 Å². The minimum absolute atomic E-state index is 0.0668. The first-order valence-corrected chi connectivity index (χ1v) is 8.23. The van der Waals surface area contributed by atoms with E-state index in [-0.39, 0.29) is 11.3 Å². The lowest BCUT2D eigenvalue weighted by Gasteiger charge is -2.15. The summed E-state index contributed by atoms with van der Waals surface area (Å²) in [7, 11) is 0. The Labute approximate surface area is 133 Å². The van der Waals surface area contributed by atoms with E-state index in [1.807, 2.05) is 30.3 Å². The molecule has 1 aliphatic rings. The first-order chi connectivity index (χ1) is 10.7. The molecule has 4 heteroatoms. The summed E-state index contributed by atoms with van der Waals surface area (Å²) in [5.74, 6) is 0.0668. The van der Waals surface area contributed by atoms with E-state index < -0.39 is 0 Å². The van der Waals surface area contributed by atoms with Gasteiger partial charge in [0.05, 0.1) is 15.6 Å². The number of fused-ring (bicyclic) bond motifs is 1. The Morgan fingerprint density at radius 3 is 2.73 bits per heavy atom. The highest BCUT2D eigenvalue weighted by molar-refractivity contribution is 7.22. The van der Waals surface area contributed by atoms with Gasteiger partial charge >= 0.3 is 0 Å². The van der Waals surface area contributed by atoms with Crippen molar-refractivity contribution in [1.29, 1.82) is 0 Å². The van der Waals surface area contributed by atoms with Gasteiger partial charge in [-0.15, -0.1) is 0 Å². The number of anilines is 1. The fraction of sp³-hybridized carbons (Fsp3) is 0.222. The summed E-state index contributed by atoms with van der Waals surface area (Å²) in [6.45, 7) is 2.06. The number of benzene rings is 2. The summed E-state index contributed by atoms with van der Waals surface area (Å²) in [6, 6.07) is 16.2. The highest BCUT2D eigenvalue weighted by atomic mass is 32.1. The van der Waals surface area contributed by atoms with Crippen molar-refractivity contribution in [3.05, 3.63) is 59.7 Å². The molecule has 1 heterocycles. The largest absolute Gasteiger partial charge is 0.301 e. The Morgan fingerprint density at radius 1 is 1.18 bits per heavy atom. The molecule has 1 amide bonds. The molecule has 1 N–H and O–H groups in total. The number of aryl methyl sites for hydroxylation is 1. The Morgan fingerprint density at radius 2 is 2.00 bits per heavy atom. The third-order valence-electron chi connectivity index (χ3n) is 4.27. The standard InChI is InChI=1S/C18H16N2OS/c1-12-5-4-6-13(11-12)18(9-10-18)16(21)20-17-19-14-7-2-3-8-15(14)22-17/h2-8,11H,9-10H2,1H3,(H,19,20,21). The van der Waals surface area contributed by atoms with Gasteiger partial charge in [-0.25, -0.2) is 4.98 Å². The van der Waals surface area contributed by atoms with Gasteiger partial charge in [-0.1, -0.05) is 53.3 Å². The van der Waals surface area contributed by atoms with E-state index in [4.69, 9.17) is 0 Å². The van der Waals surface area contributed by atoms with Crippen LogP contribution in [0.1, 0.15) is 24.0 Å². The molecule has 2 aromatic carbocycles. The molecule has 110 valence electrons. The Bertz CT molecular complexity index is 831. The van der Waals surface area contributed by atoms with E-state index in [0.717, 1.165) is 28.6 Å². The number of aromatic nitrogens is 1. The highest BCUT2D eigenvalue weighted by Crippen LogP contribution is 2.49. The Hall–Kier alpha value is -2.20. The number of amides is 1. The number of nitrogens with zero attached hydrogens (tertiary/aromatic N) is 1. The topological polar surface area (TPSA) is 42.0 Å². The molecule has 0 unspecified atom stereocenters. The molecule has 0 saturated heterocycles. The molecule has 3 nitrogen and oxygen atoms in total. The summed E-state index contributed by atoms with van der Waals surface area (Å²) in [4.78, 5) is 17.2. The van der Waals surface area contributed by atoms with Crippen molar-refractivity contribution in [1.82, 2.24) is 4.98 Å². The van der Waals surface area contributed by atoms with Crippen molar-refractivity contribution in [2.24, 2.45) is 0 Å². The van der Waals surface area contributed by atoms with Crippen molar-refractivity contribution >= 4 is 32.6 Å². The van der Waals surface area contributed by atoms with Gasteiger partial charge < -0.3 is 5.32 Å². The molecule has 0 atom stereocenters. The third kappa shape index (κ3) is 2.20. The second-order valence-electron chi connectivity index (χ2n) is 5.89. The molecule has 4 rings (SSSR count). The van der Waals surface area contributed by atoms with Crippen LogP contribution in [0, 0.1) is 6.92 Å². The number of para-hydroxylation sites is 1. The molecule has 1 aromatic heterocycles. The molecule has 1 fully saturated rings. The van der Waals surface area contributed by atoms with Crippen molar-refractivity contribution in [2.45, 2.75) is 25.2 Å². The van der Waals surface area contributed by atoms with Crippen LogP contribution in [0.25, 0.3) is 10.2 Å². The zero-order valence-corrected chi connectivity index (χ0v) is 13.1. The van der Waals surface area contributed by atoms with Crippen molar-refractivity contribution in [3.63, 3.8) is 0 Å². The summed E-state index contributed by atoms with van der Waals surface area (Å²) >= 11 is 1.52. The molecule has 0 radical (unpaired) electrons. The van der Waals surface area contributed by atoms with E-state index >= 15 is 0 Å². The van der Waals surface area contributed by atoms with E-state index in [9.17, 15) is 4.79 Å². The molecule has 0 aliphatic heterocycles. The zero-order valence-electron chi connectivity index (χ0n) is 12.3. The predicted molar refractivity (Wildman–Crippen MR) is 90.3 cm³/mol. The van der Waals surface area contributed by atoms with Gasteiger partial charge in [-0.05, 0) is 37.5 Å². The highest BCUT2D eigenvalue weighted by Gasteiger charge is 2.51. The molecule has 22 heavy (non-hydrogen) atoms. The van der Waals surface area contributed by atoms with Crippen LogP contribution in [0.4, 0.5) is 5.13 Å². The minimum atomic E-state index is -0.357. The van der Waals surface area contributed by atoms with Gasteiger partial charge in [-0.3, -0.25) is 4.79 Å². The number of carbonyl (C=O) groups excluding carboxylic acids is 1. The average molecular weight is 308 g/mol. The molecule has 0 spiro atoms. The van der Waals surface area contributed by atoms with Crippen LogP contribution >= 0.6 is 11.3 Å². The van der Waals surface area contributed by atoms with E-state index in [1.165, 1.54) is 16.9 Å². The third-order valence-corrected chi connectivity index (χ3v) is 5.22. The number of nitrogens with one attached hydrogen (secondary N) is 1. The SMILES string of the molecule is Cc1cccc(C2(C(=O)Nc3nc4ccccc4s3)CC2)c1. The van der Waals surface area contributed by atoms with Crippen molar-refractivity contribution in [3.8, 4) is 0 Å². The van der Waals surface area contributed by atoms with Gasteiger partial charge in [0.1, 0.15) is 0 Å². The molecule has 3 aromatic rings. The summed E-state index contributed by atoms with van der Waals surface area (Å²) in [6.07, 6.45) is 1.82. The summed E-state index contributed by atoms with van der Waals surface area (Å²) in [5, 5.41) is 3.71.